The molecular formula is C42H34F12. The summed E-state index contributed by atoms with van der Waals surface area (Å²) in [6.45, 7) is 8.65. The second-order valence-corrected chi connectivity index (χ2v) is 14.9. The van der Waals surface area contributed by atoms with Crippen LogP contribution in [0.2, 0.25) is 0 Å². The van der Waals surface area contributed by atoms with Gasteiger partial charge in [0.15, 0.2) is 0 Å². The fourth-order valence-electron chi connectivity index (χ4n) is 7.12. The zero-order valence-electron chi connectivity index (χ0n) is 29.8. The number of halogens is 12. The monoisotopic (exact) mass is 766 g/mol. The minimum absolute atomic E-state index is 0.317. The van der Waals surface area contributed by atoms with E-state index in [1.807, 2.05) is 0 Å². The highest BCUT2D eigenvalue weighted by Gasteiger charge is 2.45. The Kier molecular flexibility index (Phi) is 10.1. The van der Waals surface area contributed by atoms with E-state index in [1.54, 1.807) is 0 Å². The summed E-state index contributed by atoms with van der Waals surface area (Å²) in [5, 5.41) is 0. The molecule has 0 aliphatic heterocycles. The van der Waals surface area contributed by atoms with Crippen molar-refractivity contribution in [2.45, 2.75) is 77.1 Å². The van der Waals surface area contributed by atoms with Crippen LogP contribution in [0, 0.1) is 0 Å². The lowest BCUT2D eigenvalue weighted by atomic mass is 9.65. The van der Waals surface area contributed by atoms with E-state index in [2.05, 4.69) is 0 Å². The summed E-state index contributed by atoms with van der Waals surface area (Å²) in [6.07, 6.45) is -20.5. The maximum Gasteiger partial charge on any atom is 0.417 e. The van der Waals surface area contributed by atoms with Gasteiger partial charge in [-0.25, -0.2) is 0 Å². The molecule has 0 aromatic heterocycles. The van der Waals surface area contributed by atoms with Crippen LogP contribution in [0.4, 0.5) is 52.7 Å². The molecule has 0 saturated heterocycles. The van der Waals surface area contributed by atoms with Gasteiger partial charge in [0.05, 0.1) is 22.3 Å². The molecule has 0 spiro atoms. The van der Waals surface area contributed by atoms with Gasteiger partial charge in [-0.15, -0.1) is 0 Å². The van der Waals surface area contributed by atoms with Crippen LogP contribution in [0.25, 0.3) is 44.5 Å². The predicted octanol–water partition coefficient (Wildman–Crippen LogP) is 15.0. The summed E-state index contributed by atoms with van der Waals surface area (Å²) in [5.74, 6) is 0. The number of alkyl halides is 12. The van der Waals surface area contributed by atoms with Crippen LogP contribution in [0.5, 0.6) is 0 Å². The molecule has 0 bridgehead atoms. The van der Waals surface area contributed by atoms with Crippen molar-refractivity contribution >= 4 is 0 Å². The molecule has 0 atom stereocenters. The van der Waals surface area contributed by atoms with Gasteiger partial charge in [0.25, 0.3) is 0 Å². The van der Waals surface area contributed by atoms with Crippen molar-refractivity contribution in [1.82, 2.24) is 0 Å². The SMILES string of the molecule is CC(C)(C)c1c(-c2ccccc2C(F)(F)F)c(-c2ccccc2C(F)(F)F)c(C(C)(C)C)c(-c2ccccc2C(F)(F)F)c1-c1ccccc1C(F)(F)F. The maximum atomic E-state index is 15.0. The topological polar surface area (TPSA) is 0 Å². The molecule has 0 heterocycles. The Labute approximate surface area is 304 Å². The summed E-state index contributed by atoms with van der Waals surface area (Å²) in [4.78, 5) is 0. The maximum absolute atomic E-state index is 15.0. The van der Waals surface area contributed by atoms with Gasteiger partial charge < -0.3 is 0 Å². The zero-order chi connectivity index (χ0) is 40.4. The number of rotatable bonds is 4. The van der Waals surface area contributed by atoms with Crippen molar-refractivity contribution < 1.29 is 52.7 Å². The van der Waals surface area contributed by atoms with Crippen LogP contribution in [0.15, 0.2) is 97.1 Å². The Hall–Kier alpha value is -4.74. The lowest BCUT2D eigenvalue weighted by molar-refractivity contribution is -0.138. The second kappa shape index (κ2) is 13.5. The molecule has 12 heteroatoms. The molecule has 0 unspecified atom stereocenters. The molecule has 0 N–H and O–H groups in total. The van der Waals surface area contributed by atoms with Crippen LogP contribution in [-0.4, -0.2) is 0 Å². The first kappa shape index (κ1) is 40.4. The number of benzene rings is 5. The summed E-state index contributed by atoms with van der Waals surface area (Å²) in [7, 11) is 0. The highest BCUT2D eigenvalue weighted by atomic mass is 19.4. The zero-order valence-corrected chi connectivity index (χ0v) is 29.8. The molecule has 5 rings (SSSR count). The van der Waals surface area contributed by atoms with Crippen LogP contribution >= 0.6 is 0 Å². The molecule has 0 aliphatic rings. The third-order valence-electron chi connectivity index (χ3n) is 9.01. The number of hydrogen-bond acceptors (Lipinski definition) is 0. The molecule has 286 valence electrons. The van der Waals surface area contributed by atoms with Gasteiger partial charge in [0.2, 0.25) is 0 Å². The van der Waals surface area contributed by atoms with Crippen molar-refractivity contribution in [2.24, 2.45) is 0 Å². The molecule has 0 radical (unpaired) electrons. The van der Waals surface area contributed by atoms with E-state index < -0.39 is 102 Å². The summed E-state index contributed by atoms with van der Waals surface area (Å²) < 4.78 is 180. The lowest BCUT2D eigenvalue weighted by Crippen LogP contribution is -2.24. The molecule has 5 aromatic rings. The van der Waals surface area contributed by atoms with E-state index in [-0.39, 0.29) is 11.1 Å². The van der Waals surface area contributed by atoms with Gasteiger partial charge in [0.1, 0.15) is 0 Å². The van der Waals surface area contributed by atoms with E-state index in [9.17, 15) is 0 Å². The largest absolute Gasteiger partial charge is 0.417 e. The average Bonchev–Trinajstić information content (AvgIpc) is 3.04. The van der Waals surface area contributed by atoms with Crippen LogP contribution in [-0.2, 0) is 35.5 Å². The second-order valence-electron chi connectivity index (χ2n) is 14.9. The van der Waals surface area contributed by atoms with Crippen molar-refractivity contribution in [3.63, 3.8) is 0 Å². The van der Waals surface area contributed by atoms with Crippen molar-refractivity contribution in [1.29, 1.82) is 0 Å². The van der Waals surface area contributed by atoms with Gasteiger partial charge in [-0.05, 0) is 90.7 Å². The normalized spacial score (nSPS) is 13.4. The third-order valence-corrected chi connectivity index (χ3v) is 9.01. The van der Waals surface area contributed by atoms with Gasteiger partial charge in [-0.1, -0.05) is 114 Å². The summed E-state index contributed by atoms with van der Waals surface area (Å²) in [6, 6.07) is 16.0. The van der Waals surface area contributed by atoms with Gasteiger partial charge in [-0.2, -0.15) is 52.7 Å². The van der Waals surface area contributed by atoms with E-state index in [1.165, 1.54) is 65.8 Å². The standard InChI is InChI=1S/C42H34F12/c1-37(2,3)35-31(23-15-7-11-19-27(23)39(43,44)45)33(25-17-9-13-21-29(25)41(49,50)51)36(38(4,5)6)34(26-18-10-14-22-30(26)42(52,53)54)32(35)24-16-8-12-20-28(24)40(46,47)48/h7-22H,1-6H3. The Morgan fingerprint density at radius 3 is 0.593 bits per heavy atom. The van der Waals surface area contributed by atoms with Crippen LogP contribution < -0.4 is 0 Å². The fourth-order valence-corrected chi connectivity index (χ4v) is 7.12. The van der Waals surface area contributed by atoms with Gasteiger partial charge in [0, 0.05) is 0 Å². The van der Waals surface area contributed by atoms with Crippen molar-refractivity contribution in [3.8, 4) is 44.5 Å². The molecule has 0 amide bonds. The average molecular weight is 767 g/mol. The van der Waals surface area contributed by atoms with Crippen LogP contribution in [0.1, 0.15) is 74.9 Å². The lowest BCUT2D eigenvalue weighted by Gasteiger charge is -2.39. The molecule has 5 aromatic carbocycles. The van der Waals surface area contributed by atoms with E-state index in [0.717, 1.165) is 48.5 Å². The quantitative estimate of drug-likeness (QED) is 0.160. The smallest absolute Gasteiger partial charge is 0.166 e. The molecular weight excluding hydrogens is 732 g/mol. The fraction of sp³-hybridized carbons (Fsp3) is 0.286. The van der Waals surface area contributed by atoms with Crippen molar-refractivity contribution in [2.75, 3.05) is 0 Å². The Morgan fingerprint density at radius 1 is 0.278 bits per heavy atom. The first-order chi connectivity index (χ1) is 24.7. The Bertz CT molecular complexity index is 1890. The minimum Gasteiger partial charge on any atom is -0.166 e. The highest BCUT2D eigenvalue weighted by molar-refractivity contribution is 6.04. The minimum atomic E-state index is -5.12. The van der Waals surface area contributed by atoms with E-state index >= 15 is 52.7 Å². The van der Waals surface area contributed by atoms with Gasteiger partial charge in [-0.3, -0.25) is 0 Å². The Balaban J connectivity index is 2.36. The van der Waals surface area contributed by atoms with Crippen molar-refractivity contribution in [3.05, 3.63) is 130 Å². The van der Waals surface area contributed by atoms with E-state index in [0.29, 0.717) is 24.3 Å². The van der Waals surface area contributed by atoms with E-state index in [4.69, 9.17) is 0 Å². The molecule has 0 saturated carbocycles. The molecule has 54 heavy (non-hydrogen) atoms. The highest BCUT2D eigenvalue weighted by Crippen LogP contribution is 2.59. The third kappa shape index (κ3) is 7.61. The molecule has 0 fully saturated rings. The number of hydrogen-bond donors (Lipinski definition) is 0. The Morgan fingerprint density at radius 2 is 0.444 bits per heavy atom. The van der Waals surface area contributed by atoms with Gasteiger partial charge >= 0.3 is 24.7 Å². The summed E-state index contributed by atoms with van der Waals surface area (Å²) in [5.41, 5.74) is -13.5. The van der Waals surface area contributed by atoms with Crippen LogP contribution in [0.3, 0.4) is 0 Å². The predicted molar refractivity (Wildman–Crippen MR) is 186 cm³/mol. The molecule has 0 nitrogen and oxygen atoms in total. The molecule has 0 aliphatic carbocycles. The summed E-state index contributed by atoms with van der Waals surface area (Å²) >= 11 is 0. The first-order valence-electron chi connectivity index (χ1n) is 16.6. The first-order valence-corrected chi connectivity index (χ1v) is 16.6.